The minimum atomic E-state index is -2.33. The van der Waals surface area contributed by atoms with Gasteiger partial charge < -0.3 is 39.6 Å². The summed E-state index contributed by atoms with van der Waals surface area (Å²) in [5, 5.41) is 16.7. The summed E-state index contributed by atoms with van der Waals surface area (Å²) in [6, 6.07) is 0. The summed E-state index contributed by atoms with van der Waals surface area (Å²) in [4.78, 5) is 8.33. The van der Waals surface area contributed by atoms with Gasteiger partial charge in [0, 0.05) is 0 Å². The van der Waals surface area contributed by atoms with Crippen molar-refractivity contribution >= 4 is 6.16 Å². The van der Waals surface area contributed by atoms with E-state index in [1.54, 1.807) is 0 Å². The van der Waals surface area contributed by atoms with Gasteiger partial charge in [-0.15, -0.1) is 0 Å². The zero-order valence-electron chi connectivity index (χ0n) is 4.85. The molecule has 8 heteroatoms. The van der Waals surface area contributed by atoms with Crippen LogP contribution in [0, 0.1) is 0 Å². The van der Waals surface area contributed by atoms with Gasteiger partial charge in [0.05, 0.1) is 0 Å². The molecule has 0 heterocycles. The molecule has 12 N–H and O–H groups in total. The van der Waals surface area contributed by atoms with Crippen LogP contribution in [0.3, 0.4) is 0 Å². The van der Waals surface area contributed by atoms with Gasteiger partial charge in [-0.25, -0.2) is 0 Å². The average molecular weight is 192 g/mol. The number of carbonyl (C=O) groups excluding carboxylic acids is 1. The molecule has 0 spiro atoms. The molecule has 0 aliphatic rings. The maximum absolute atomic E-state index is 8.33. The van der Waals surface area contributed by atoms with Crippen molar-refractivity contribution in [3.05, 3.63) is 0 Å². The van der Waals surface area contributed by atoms with Crippen molar-refractivity contribution in [1.82, 2.24) is 24.6 Å². The van der Waals surface area contributed by atoms with E-state index in [9.17, 15) is 0 Å². The molecule has 0 aliphatic carbocycles. The standard InChI is InChI=1S/CH2O3.Cu.4H3N/c2-1(3)4;;;;;/h(H2,2,3,4);;4*1H3/q;+2;;;;/p-2. The van der Waals surface area contributed by atoms with E-state index in [1.807, 2.05) is 0 Å². The van der Waals surface area contributed by atoms with E-state index < -0.39 is 6.16 Å². The Morgan fingerprint density at radius 2 is 0.889 bits per heavy atom. The largest absolute Gasteiger partial charge is 2.00 e. The van der Waals surface area contributed by atoms with Gasteiger partial charge in [0.25, 0.3) is 0 Å². The molecular formula is CH12CuN4O3. The summed E-state index contributed by atoms with van der Waals surface area (Å²) in [6.07, 6.45) is -2.33. The van der Waals surface area contributed by atoms with Gasteiger partial charge in [-0.1, -0.05) is 0 Å². The van der Waals surface area contributed by atoms with E-state index in [0.717, 1.165) is 0 Å². The van der Waals surface area contributed by atoms with E-state index in [4.69, 9.17) is 15.0 Å². The van der Waals surface area contributed by atoms with Crippen LogP contribution < -0.4 is 34.8 Å². The van der Waals surface area contributed by atoms with Gasteiger partial charge in [0.15, 0.2) is 0 Å². The molecule has 0 rings (SSSR count). The molecule has 0 saturated carbocycles. The van der Waals surface area contributed by atoms with E-state index >= 15 is 0 Å². The molecule has 7 nitrogen and oxygen atoms in total. The Kier molecular flexibility index (Phi) is 391. The fourth-order valence-corrected chi connectivity index (χ4v) is 0. The Morgan fingerprint density at radius 3 is 0.889 bits per heavy atom. The van der Waals surface area contributed by atoms with E-state index in [0.29, 0.717) is 0 Å². The van der Waals surface area contributed by atoms with Crippen LogP contribution in [0.2, 0.25) is 0 Å². The smallest absolute Gasteiger partial charge is 0.652 e. The molecule has 0 unspecified atom stereocenters. The van der Waals surface area contributed by atoms with Crippen LogP contribution in [0.1, 0.15) is 0 Å². The molecule has 65 valence electrons. The van der Waals surface area contributed by atoms with Crippen LogP contribution in [0.5, 0.6) is 0 Å². The SMILES string of the molecule is N.N.N.N.O=C([O-])[O-].[Cu+2]. The normalized spacial score (nSPS) is 2.67. The molecular weight excluding hydrogens is 180 g/mol. The Balaban J connectivity index is -0.00000000450. The third-order valence-corrected chi connectivity index (χ3v) is 0. The maximum atomic E-state index is 8.33. The quantitative estimate of drug-likeness (QED) is 0.323. The first-order valence-electron chi connectivity index (χ1n) is 0.612. The Labute approximate surface area is 63.6 Å². The zero-order valence-corrected chi connectivity index (χ0v) is 5.80. The number of carboxylic acid groups (broad SMARTS) is 2. The predicted octanol–water partition coefficient (Wildman–Crippen LogP) is -1.80. The molecule has 0 aliphatic heterocycles. The van der Waals surface area contributed by atoms with Crippen LogP contribution in [-0.4, -0.2) is 6.16 Å². The predicted molar refractivity (Wildman–Crippen MR) is 25.5 cm³/mol. The van der Waals surface area contributed by atoms with Crippen molar-refractivity contribution in [3.8, 4) is 0 Å². The molecule has 0 aromatic rings. The van der Waals surface area contributed by atoms with Crippen LogP contribution in [0.25, 0.3) is 0 Å². The molecule has 0 atom stereocenters. The van der Waals surface area contributed by atoms with Crippen molar-refractivity contribution in [2.45, 2.75) is 0 Å². The van der Waals surface area contributed by atoms with Gasteiger partial charge in [-0.05, 0) is 6.16 Å². The molecule has 0 fully saturated rings. The minimum Gasteiger partial charge on any atom is -0.652 e. The van der Waals surface area contributed by atoms with Gasteiger partial charge >= 0.3 is 17.1 Å². The number of hydrogen-bond acceptors (Lipinski definition) is 7. The number of carbonyl (C=O) groups is 1. The fraction of sp³-hybridized carbons (Fsp3) is 0. The first-order valence-corrected chi connectivity index (χ1v) is 0.612. The summed E-state index contributed by atoms with van der Waals surface area (Å²) in [5.74, 6) is 0. The maximum Gasteiger partial charge on any atom is 2.00 e. The molecule has 9 heavy (non-hydrogen) atoms. The monoisotopic (exact) mass is 191 g/mol. The summed E-state index contributed by atoms with van der Waals surface area (Å²) < 4.78 is 0. The molecule has 1 radical (unpaired) electrons. The van der Waals surface area contributed by atoms with E-state index in [1.165, 1.54) is 0 Å². The summed E-state index contributed by atoms with van der Waals surface area (Å²) in [6.45, 7) is 0. The molecule has 0 bridgehead atoms. The second-order valence-electron chi connectivity index (χ2n) is 0.250. The van der Waals surface area contributed by atoms with Gasteiger partial charge in [-0.3, -0.25) is 0 Å². The first-order chi connectivity index (χ1) is 1.73. The number of hydrogen-bond donors (Lipinski definition) is 4. The minimum absolute atomic E-state index is 0. The van der Waals surface area contributed by atoms with Gasteiger partial charge in [0.1, 0.15) is 0 Å². The van der Waals surface area contributed by atoms with Crippen molar-refractivity contribution in [2.24, 2.45) is 0 Å². The first kappa shape index (κ1) is 72.6. The average Bonchev–Trinajstić information content (AvgIpc) is 0.811. The second-order valence-corrected chi connectivity index (χ2v) is 0.250. The molecule has 0 saturated heterocycles. The summed E-state index contributed by atoms with van der Waals surface area (Å²) >= 11 is 0. The van der Waals surface area contributed by atoms with Crippen molar-refractivity contribution in [2.75, 3.05) is 0 Å². The van der Waals surface area contributed by atoms with Gasteiger partial charge in [-0.2, -0.15) is 0 Å². The molecule has 0 aromatic heterocycles. The van der Waals surface area contributed by atoms with Crippen molar-refractivity contribution < 1.29 is 32.1 Å². The topological polar surface area (TPSA) is 203 Å². The van der Waals surface area contributed by atoms with Crippen molar-refractivity contribution in [3.63, 3.8) is 0 Å². The molecule has 0 amide bonds. The van der Waals surface area contributed by atoms with Crippen LogP contribution in [0.4, 0.5) is 4.79 Å². The summed E-state index contributed by atoms with van der Waals surface area (Å²) in [7, 11) is 0. The van der Waals surface area contributed by atoms with E-state index in [-0.39, 0.29) is 41.7 Å². The van der Waals surface area contributed by atoms with Crippen LogP contribution in [0.15, 0.2) is 0 Å². The zero-order chi connectivity index (χ0) is 3.58. The Bertz CT molecular complexity index is 38.8. The Morgan fingerprint density at radius 1 is 0.889 bits per heavy atom. The summed E-state index contributed by atoms with van der Waals surface area (Å²) in [5.41, 5.74) is 0. The molecule has 0 aromatic carbocycles. The fourth-order valence-electron chi connectivity index (χ4n) is 0. The van der Waals surface area contributed by atoms with Gasteiger partial charge in [0.2, 0.25) is 0 Å². The Hall–Kier alpha value is -0.371. The van der Waals surface area contributed by atoms with Crippen LogP contribution in [-0.2, 0) is 17.1 Å². The third-order valence-electron chi connectivity index (χ3n) is 0. The third kappa shape index (κ3) is 1760. The van der Waals surface area contributed by atoms with Crippen molar-refractivity contribution in [1.29, 1.82) is 0 Å². The van der Waals surface area contributed by atoms with E-state index in [2.05, 4.69) is 0 Å². The second kappa shape index (κ2) is 48.5. The number of rotatable bonds is 0. The van der Waals surface area contributed by atoms with Crippen LogP contribution >= 0.6 is 0 Å².